The summed E-state index contributed by atoms with van der Waals surface area (Å²) in [4.78, 5) is 12.1. The molecule has 9 heteroatoms. The monoisotopic (exact) mass is 343 g/mol. The Bertz CT molecular complexity index is 535. The first-order valence-electron chi connectivity index (χ1n) is 6.50. The molecule has 0 aliphatic rings. The van der Waals surface area contributed by atoms with Crippen molar-refractivity contribution >= 4 is 5.97 Å². The lowest BCUT2D eigenvalue weighted by molar-refractivity contribution is -0.143. The van der Waals surface area contributed by atoms with Gasteiger partial charge in [0, 0.05) is 13.1 Å². The Labute approximate surface area is 128 Å². The van der Waals surface area contributed by atoms with E-state index in [0.717, 1.165) is 0 Å². The van der Waals surface area contributed by atoms with Crippen LogP contribution in [0.3, 0.4) is 0 Å². The predicted octanol–water partition coefficient (Wildman–Crippen LogP) is 3.88. The molecule has 0 aromatic heterocycles. The van der Waals surface area contributed by atoms with Crippen molar-refractivity contribution in [3.8, 4) is 0 Å². The van der Waals surface area contributed by atoms with Crippen molar-refractivity contribution in [3.05, 3.63) is 34.9 Å². The zero-order chi connectivity index (χ0) is 18.0. The van der Waals surface area contributed by atoms with E-state index in [-0.39, 0.29) is 24.7 Å². The Morgan fingerprint density at radius 1 is 1.09 bits per heavy atom. The highest BCUT2D eigenvalue weighted by atomic mass is 19.4. The van der Waals surface area contributed by atoms with Crippen LogP contribution < -0.4 is 0 Å². The third-order valence-corrected chi connectivity index (χ3v) is 3.11. The number of aliphatic carboxylic acids is 1. The van der Waals surface area contributed by atoms with Gasteiger partial charge in [-0.2, -0.15) is 26.3 Å². The lowest BCUT2D eigenvalue weighted by Crippen LogP contribution is -2.28. The summed E-state index contributed by atoms with van der Waals surface area (Å²) in [6.07, 6.45) is -9.80. The quantitative estimate of drug-likeness (QED) is 0.825. The molecule has 0 bridgehead atoms. The van der Waals surface area contributed by atoms with Gasteiger partial charge >= 0.3 is 18.3 Å². The average molecular weight is 343 g/mol. The number of carboxylic acids is 1. The van der Waals surface area contributed by atoms with Gasteiger partial charge in [0.15, 0.2) is 0 Å². The maximum absolute atomic E-state index is 12.7. The van der Waals surface area contributed by atoms with E-state index in [0.29, 0.717) is 12.1 Å². The molecule has 0 amide bonds. The third-order valence-electron chi connectivity index (χ3n) is 3.11. The molecule has 3 nitrogen and oxygen atoms in total. The van der Waals surface area contributed by atoms with Gasteiger partial charge in [-0.3, -0.25) is 4.79 Å². The number of alkyl halides is 6. The summed E-state index contributed by atoms with van der Waals surface area (Å²) in [6.45, 7) is 1.16. The van der Waals surface area contributed by atoms with Gasteiger partial charge in [0.25, 0.3) is 0 Å². The average Bonchev–Trinajstić information content (AvgIpc) is 2.35. The first kappa shape index (κ1) is 19.3. The van der Waals surface area contributed by atoms with E-state index < -0.39 is 35.4 Å². The lowest BCUT2D eigenvalue weighted by atomic mass is 10.0. The lowest BCUT2D eigenvalue weighted by Gasteiger charge is -2.21. The van der Waals surface area contributed by atoms with E-state index >= 15 is 0 Å². The maximum Gasteiger partial charge on any atom is 0.416 e. The fourth-order valence-electron chi connectivity index (χ4n) is 2.03. The summed E-state index contributed by atoms with van der Waals surface area (Å²) in [7, 11) is 1.42. The van der Waals surface area contributed by atoms with Crippen LogP contribution in [0.1, 0.15) is 23.6 Å². The first-order valence-corrected chi connectivity index (χ1v) is 6.50. The molecule has 0 aliphatic carbocycles. The summed E-state index contributed by atoms with van der Waals surface area (Å²) in [5, 5.41) is 8.77. The minimum absolute atomic E-state index is 0.00701. The fourth-order valence-corrected chi connectivity index (χ4v) is 2.03. The molecule has 1 N–H and O–H groups in total. The molecule has 0 heterocycles. The Balaban J connectivity index is 3.08. The van der Waals surface area contributed by atoms with E-state index in [2.05, 4.69) is 0 Å². The zero-order valence-electron chi connectivity index (χ0n) is 12.3. The molecule has 23 heavy (non-hydrogen) atoms. The van der Waals surface area contributed by atoms with Gasteiger partial charge in [0.2, 0.25) is 0 Å². The molecule has 1 atom stereocenters. The smallest absolute Gasteiger partial charge is 0.416 e. The fraction of sp³-hybridized carbons (Fsp3) is 0.500. The van der Waals surface area contributed by atoms with Gasteiger partial charge in [-0.25, -0.2) is 0 Å². The van der Waals surface area contributed by atoms with Crippen LogP contribution >= 0.6 is 0 Å². The standard InChI is InChI=1S/C14H15F6NO2/c1-8(12(22)23)6-21(2)7-9-3-10(13(15,16)17)5-11(4-9)14(18,19)20/h3-5,8H,6-7H2,1-2H3,(H,22,23). The SMILES string of the molecule is CC(CN(C)Cc1cc(C(F)(F)F)cc(C(F)(F)F)c1)C(=O)O. The Hall–Kier alpha value is -1.77. The zero-order valence-corrected chi connectivity index (χ0v) is 12.3. The van der Waals surface area contributed by atoms with Crippen LogP contribution in [0.5, 0.6) is 0 Å². The minimum atomic E-state index is -4.90. The highest BCUT2D eigenvalue weighted by Gasteiger charge is 2.36. The van der Waals surface area contributed by atoms with Crippen LogP contribution in [0, 0.1) is 5.92 Å². The topological polar surface area (TPSA) is 40.5 Å². The summed E-state index contributed by atoms with van der Waals surface area (Å²) in [5.41, 5.74) is -2.96. The second-order valence-corrected chi connectivity index (χ2v) is 5.35. The van der Waals surface area contributed by atoms with E-state index in [1.54, 1.807) is 0 Å². The number of halogens is 6. The molecule has 0 aliphatic heterocycles. The van der Waals surface area contributed by atoms with Gasteiger partial charge < -0.3 is 10.0 Å². The van der Waals surface area contributed by atoms with Crippen LogP contribution in [-0.2, 0) is 23.7 Å². The van der Waals surface area contributed by atoms with E-state index in [4.69, 9.17) is 5.11 Å². The van der Waals surface area contributed by atoms with Gasteiger partial charge in [-0.05, 0) is 30.8 Å². The second-order valence-electron chi connectivity index (χ2n) is 5.35. The molecule has 0 saturated heterocycles. The molecule has 1 rings (SSSR count). The summed E-state index contributed by atoms with van der Waals surface area (Å²) >= 11 is 0. The molecule has 1 aromatic rings. The number of hydrogen-bond acceptors (Lipinski definition) is 2. The van der Waals surface area contributed by atoms with Crippen LogP contribution in [0.15, 0.2) is 18.2 Å². The van der Waals surface area contributed by atoms with Gasteiger partial charge in [0.05, 0.1) is 17.0 Å². The van der Waals surface area contributed by atoms with Crippen LogP contribution in [0.4, 0.5) is 26.3 Å². The van der Waals surface area contributed by atoms with E-state index in [1.165, 1.54) is 18.9 Å². The summed E-state index contributed by atoms with van der Waals surface area (Å²) in [5.74, 6) is -1.90. The number of rotatable bonds is 5. The van der Waals surface area contributed by atoms with E-state index in [9.17, 15) is 31.1 Å². The minimum Gasteiger partial charge on any atom is -0.481 e. The van der Waals surface area contributed by atoms with Gasteiger partial charge in [-0.15, -0.1) is 0 Å². The Kier molecular flexibility index (Phi) is 5.68. The number of nitrogens with zero attached hydrogens (tertiary/aromatic N) is 1. The van der Waals surface area contributed by atoms with Crippen molar-refractivity contribution in [1.82, 2.24) is 4.90 Å². The molecule has 0 saturated carbocycles. The molecular formula is C14H15F6NO2. The summed E-state index contributed by atoms with van der Waals surface area (Å²) < 4.78 is 76.4. The number of carboxylic acid groups (broad SMARTS) is 1. The molecule has 130 valence electrons. The molecule has 1 unspecified atom stereocenters. The number of carbonyl (C=O) groups is 1. The largest absolute Gasteiger partial charge is 0.481 e. The van der Waals surface area contributed by atoms with E-state index in [1.807, 2.05) is 0 Å². The van der Waals surface area contributed by atoms with Crippen molar-refractivity contribution in [3.63, 3.8) is 0 Å². The highest BCUT2D eigenvalue weighted by Crippen LogP contribution is 2.36. The molecular weight excluding hydrogens is 328 g/mol. The molecule has 0 spiro atoms. The van der Waals surface area contributed by atoms with Crippen molar-refractivity contribution in [2.24, 2.45) is 5.92 Å². The third kappa shape index (κ3) is 5.74. The van der Waals surface area contributed by atoms with Crippen molar-refractivity contribution < 1.29 is 36.2 Å². The number of hydrogen-bond donors (Lipinski definition) is 1. The molecule has 0 radical (unpaired) electrons. The van der Waals surface area contributed by atoms with Gasteiger partial charge in [-0.1, -0.05) is 6.92 Å². The second kappa shape index (κ2) is 6.77. The Morgan fingerprint density at radius 2 is 1.52 bits per heavy atom. The van der Waals surface area contributed by atoms with Crippen LogP contribution in [0.25, 0.3) is 0 Å². The van der Waals surface area contributed by atoms with Crippen molar-refractivity contribution in [2.75, 3.05) is 13.6 Å². The van der Waals surface area contributed by atoms with Crippen molar-refractivity contribution in [1.29, 1.82) is 0 Å². The van der Waals surface area contributed by atoms with Crippen LogP contribution in [-0.4, -0.2) is 29.6 Å². The summed E-state index contributed by atoms with van der Waals surface area (Å²) in [6, 6.07) is 1.33. The van der Waals surface area contributed by atoms with Crippen molar-refractivity contribution in [2.45, 2.75) is 25.8 Å². The molecule has 0 fully saturated rings. The predicted molar refractivity (Wildman–Crippen MR) is 69.6 cm³/mol. The van der Waals surface area contributed by atoms with Crippen LogP contribution in [0.2, 0.25) is 0 Å². The Morgan fingerprint density at radius 3 is 1.87 bits per heavy atom. The highest BCUT2D eigenvalue weighted by molar-refractivity contribution is 5.69. The van der Waals surface area contributed by atoms with Gasteiger partial charge in [0.1, 0.15) is 0 Å². The first-order chi connectivity index (χ1) is 10.3. The normalized spacial score (nSPS) is 14.1. The number of benzene rings is 1. The maximum atomic E-state index is 12.7. The molecule has 1 aromatic carbocycles.